The first-order valence-electron chi connectivity index (χ1n) is 9.48. The molecule has 4 amide bonds. The van der Waals surface area contributed by atoms with Gasteiger partial charge in [0.2, 0.25) is 5.91 Å². The summed E-state index contributed by atoms with van der Waals surface area (Å²) in [5.41, 5.74) is 7.34. The Kier molecular flexibility index (Phi) is 7.16. The van der Waals surface area contributed by atoms with Gasteiger partial charge in [0.05, 0.1) is 12.0 Å². The number of nitrogens with zero attached hydrogens (tertiary/aromatic N) is 1. The van der Waals surface area contributed by atoms with E-state index in [4.69, 9.17) is 15.2 Å². The van der Waals surface area contributed by atoms with Gasteiger partial charge in [0.15, 0.2) is 18.1 Å². The van der Waals surface area contributed by atoms with Crippen molar-refractivity contribution in [2.24, 2.45) is 5.73 Å². The Morgan fingerprint density at radius 1 is 1.16 bits per heavy atom. The molecular formula is C22H21N3O6S. The number of methoxy groups -OCH3 is 1. The molecule has 1 aliphatic heterocycles. The second kappa shape index (κ2) is 10.0. The van der Waals surface area contributed by atoms with Crippen LogP contribution in [0.25, 0.3) is 6.08 Å². The van der Waals surface area contributed by atoms with Crippen LogP contribution in [-0.2, 0) is 14.4 Å². The Balaban J connectivity index is 1.67. The topological polar surface area (TPSA) is 128 Å². The smallest absolute Gasteiger partial charge is 0.294 e. The molecule has 0 aliphatic carbocycles. The lowest BCUT2D eigenvalue weighted by atomic mass is 10.2. The van der Waals surface area contributed by atoms with Crippen LogP contribution in [0.2, 0.25) is 0 Å². The number of primary amides is 1. The minimum absolute atomic E-state index is 0.157. The van der Waals surface area contributed by atoms with Crippen LogP contribution in [0.5, 0.6) is 11.5 Å². The average molecular weight is 455 g/mol. The molecule has 1 saturated heterocycles. The molecule has 166 valence electrons. The molecule has 1 fully saturated rings. The van der Waals surface area contributed by atoms with E-state index in [1.165, 1.54) is 13.2 Å². The molecule has 0 unspecified atom stereocenters. The number of thioether (sulfide) groups is 1. The van der Waals surface area contributed by atoms with Crippen molar-refractivity contribution in [3.8, 4) is 11.5 Å². The van der Waals surface area contributed by atoms with Crippen LogP contribution in [0.4, 0.5) is 10.5 Å². The molecule has 32 heavy (non-hydrogen) atoms. The lowest BCUT2D eigenvalue weighted by Crippen LogP contribution is -2.36. The van der Waals surface area contributed by atoms with E-state index in [1.807, 2.05) is 25.1 Å². The van der Waals surface area contributed by atoms with Crippen molar-refractivity contribution in [3.63, 3.8) is 0 Å². The summed E-state index contributed by atoms with van der Waals surface area (Å²) < 4.78 is 10.9. The molecule has 9 nitrogen and oxygen atoms in total. The number of carbonyl (C=O) groups is 4. The van der Waals surface area contributed by atoms with Gasteiger partial charge >= 0.3 is 0 Å². The lowest BCUT2D eigenvalue weighted by Gasteiger charge is -2.12. The summed E-state index contributed by atoms with van der Waals surface area (Å²) in [5, 5.41) is 2.19. The van der Waals surface area contributed by atoms with Gasteiger partial charge < -0.3 is 20.5 Å². The second-order valence-corrected chi connectivity index (χ2v) is 7.84. The number of amides is 4. The number of hydrogen-bond acceptors (Lipinski definition) is 7. The van der Waals surface area contributed by atoms with Crippen LogP contribution in [0.15, 0.2) is 47.4 Å². The van der Waals surface area contributed by atoms with Crippen molar-refractivity contribution in [1.82, 2.24) is 4.90 Å². The van der Waals surface area contributed by atoms with Crippen molar-refractivity contribution in [1.29, 1.82) is 0 Å². The highest BCUT2D eigenvalue weighted by Gasteiger charge is 2.35. The van der Waals surface area contributed by atoms with Gasteiger partial charge in [0, 0.05) is 5.69 Å². The zero-order valence-electron chi connectivity index (χ0n) is 17.4. The van der Waals surface area contributed by atoms with E-state index in [0.29, 0.717) is 22.7 Å². The number of nitrogens with two attached hydrogens (primary N) is 1. The van der Waals surface area contributed by atoms with Crippen LogP contribution >= 0.6 is 11.8 Å². The Morgan fingerprint density at radius 3 is 2.62 bits per heavy atom. The predicted molar refractivity (Wildman–Crippen MR) is 120 cm³/mol. The fraction of sp³-hybridized carbons (Fsp3) is 0.182. The molecule has 2 aromatic carbocycles. The first kappa shape index (κ1) is 22.9. The van der Waals surface area contributed by atoms with E-state index < -0.39 is 23.6 Å². The molecule has 0 saturated carbocycles. The number of imide groups is 1. The number of rotatable bonds is 8. The standard InChI is InChI=1S/C22H21N3O6S/c1-13-4-3-5-15(8-13)24-20(27)12-31-16-7-6-14(9-17(16)30-2)10-18-21(28)25(11-19(23)26)22(29)32-18/h3-10H,11-12H2,1-2H3,(H2,23,26)(H,24,27)/b18-10-. The lowest BCUT2D eigenvalue weighted by molar-refractivity contribution is -0.127. The van der Waals surface area contributed by atoms with E-state index in [2.05, 4.69) is 5.32 Å². The highest BCUT2D eigenvalue weighted by atomic mass is 32.2. The normalized spacial score (nSPS) is 14.6. The SMILES string of the molecule is COc1cc(/C=C2\SC(=O)N(CC(N)=O)C2=O)ccc1OCC(=O)Nc1cccc(C)c1. The number of ether oxygens (including phenoxy) is 2. The summed E-state index contributed by atoms with van der Waals surface area (Å²) in [6, 6.07) is 12.3. The largest absolute Gasteiger partial charge is 0.493 e. The van der Waals surface area contributed by atoms with Gasteiger partial charge in [-0.3, -0.25) is 24.1 Å². The molecule has 3 rings (SSSR count). The number of anilines is 1. The quantitative estimate of drug-likeness (QED) is 0.586. The maximum atomic E-state index is 12.3. The third kappa shape index (κ3) is 5.67. The van der Waals surface area contributed by atoms with Gasteiger partial charge in [-0.15, -0.1) is 0 Å². The molecule has 10 heteroatoms. The first-order valence-corrected chi connectivity index (χ1v) is 10.3. The van der Waals surface area contributed by atoms with Crippen molar-refractivity contribution >= 4 is 46.5 Å². The zero-order valence-corrected chi connectivity index (χ0v) is 18.2. The van der Waals surface area contributed by atoms with E-state index >= 15 is 0 Å². The van der Waals surface area contributed by atoms with Gasteiger partial charge in [-0.2, -0.15) is 0 Å². The predicted octanol–water partition coefficient (Wildman–Crippen LogP) is 2.54. The molecule has 1 aliphatic rings. The monoisotopic (exact) mass is 455 g/mol. The maximum absolute atomic E-state index is 12.3. The third-order valence-electron chi connectivity index (χ3n) is 4.33. The summed E-state index contributed by atoms with van der Waals surface area (Å²) >= 11 is 0.718. The number of nitrogens with one attached hydrogen (secondary N) is 1. The Bertz CT molecular complexity index is 1110. The summed E-state index contributed by atoms with van der Waals surface area (Å²) in [6.07, 6.45) is 1.50. The van der Waals surface area contributed by atoms with Crippen LogP contribution in [0, 0.1) is 6.92 Å². The van der Waals surface area contributed by atoms with Crippen molar-refractivity contribution in [2.75, 3.05) is 25.6 Å². The molecule has 1 heterocycles. The minimum atomic E-state index is -0.775. The van der Waals surface area contributed by atoms with Crippen LogP contribution < -0.4 is 20.5 Å². The molecule has 0 aromatic heterocycles. The summed E-state index contributed by atoms with van der Waals surface area (Å²) in [4.78, 5) is 48.4. The van der Waals surface area contributed by atoms with E-state index in [9.17, 15) is 19.2 Å². The van der Waals surface area contributed by atoms with Crippen molar-refractivity contribution in [3.05, 3.63) is 58.5 Å². The van der Waals surface area contributed by atoms with Gasteiger partial charge in [-0.25, -0.2) is 0 Å². The highest BCUT2D eigenvalue weighted by molar-refractivity contribution is 8.18. The molecular weight excluding hydrogens is 434 g/mol. The van der Waals surface area contributed by atoms with E-state index in [1.54, 1.807) is 24.3 Å². The number of hydrogen-bond donors (Lipinski definition) is 2. The summed E-state index contributed by atoms with van der Waals surface area (Å²) in [5.74, 6) is -1.01. The van der Waals surface area contributed by atoms with E-state index in [0.717, 1.165) is 22.2 Å². The van der Waals surface area contributed by atoms with Gasteiger partial charge in [0.25, 0.3) is 17.1 Å². The summed E-state index contributed by atoms with van der Waals surface area (Å²) in [7, 11) is 1.44. The Labute approximate surface area is 188 Å². The highest BCUT2D eigenvalue weighted by Crippen LogP contribution is 2.34. The zero-order chi connectivity index (χ0) is 23.3. The fourth-order valence-corrected chi connectivity index (χ4v) is 3.74. The van der Waals surface area contributed by atoms with Gasteiger partial charge in [-0.1, -0.05) is 18.2 Å². The van der Waals surface area contributed by atoms with Gasteiger partial charge in [0.1, 0.15) is 6.54 Å². The minimum Gasteiger partial charge on any atom is -0.493 e. The Morgan fingerprint density at radius 2 is 1.94 bits per heavy atom. The molecule has 0 radical (unpaired) electrons. The second-order valence-electron chi connectivity index (χ2n) is 6.85. The van der Waals surface area contributed by atoms with Crippen molar-refractivity contribution < 1.29 is 28.7 Å². The number of benzene rings is 2. The molecule has 0 spiro atoms. The van der Waals surface area contributed by atoms with Gasteiger partial charge in [-0.05, 0) is 60.2 Å². The summed E-state index contributed by atoms with van der Waals surface area (Å²) in [6.45, 7) is 1.23. The first-order chi connectivity index (χ1) is 15.3. The molecule has 3 N–H and O–H groups in total. The maximum Gasteiger partial charge on any atom is 0.294 e. The fourth-order valence-electron chi connectivity index (χ4n) is 2.90. The number of carbonyl (C=O) groups excluding carboxylic acids is 4. The van der Waals surface area contributed by atoms with Crippen LogP contribution in [0.3, 0.4) is 0 Å². The molecule has 2 aromatic rings. The third-order valence-corrected chi connectivity index (χ3v) is 5.24. The van der Waals surface area contributed by atoms with Crippen LogP contribution in [0.1, 0.15) is 11.1 Å². The average Bonchev–Trinajstić information content (AvgIpc) is 2.99. The van der Waals surface area contributed by atoms with Crippen molar-refractivity contribution in [2.45, 2.75) is 6.92 Å². The number of aryl methyl sites for hydroxylation is 1. The van der Waals surface area contributed by atoms with Crippen LogP contribution in [-0.4, -0.2) is 48.1 Å². The van der Waals surface area contributed by atoms with E-state index in [-0.39, 0.29) is 17.4 Å². The molecule has 0 bridgehead atoms. The molecule has 0 atom stereocenters. The Hall–Kier alpha value is -3.79.